The van der Waals surface area contributed by atoms with Crippen LogP contribution in [-0.4, -0.2) is 38.2 Å². The van der Waals surface area contributed by atoms with Crippen molar-refractivity contribution in [2.24, 2.45) is 0 Å². The highest BCUT2D eigenvalue weighted by molar-refractivity contribution is 7.90. The van der Waals surface area contributed by atoms with Crippen LogP contribution in [0.1, 0.15) is 23.6 Å². The Labute approximate surface area is 215 Å². The first kappa shape index (κ1) is 24.6. The molecular formula is C27H27N3O6S. The van der Waals surface area contributed by atoms with Gasteiger partial charge in [-0.3, -0.25) is 9.52 Å². The van der Waals surface area contributed by atoms with E-state index in [0.29, 0.717) is 29.2 Å². The first-order valence-electron chi connectivity index (χ1n) is 11.9. The lowest BCUT2D eigenvalue weighted by Gasteiger charge is -2.35. The van der Waals surface area contributed by atoms with Crippen LogP contribution in [0.25, 0.3) is 11.1 Å². The van der Waals surface area contributed by atoms with Gasteiger partial charge >= 0.3 is 0 Å². The third-order valence-electron chi connectivity index (χ3n) is 6.35. The number of carbonyl (C=O) groups is 1. The fourth-order valence-corrected chi connectivity index (χ4v) is 4.96. The predicted molar refractivity (Wildman–Crippen MR) is 139 cm³/mol. The van der Waals surface area contributed by atoms with Gasteiger partial charge in [-0.25, -0.2) is 8.42 Å². The number of hydrogen-bond donors (Lipinski definition) is 1. The Balaban J connectivity index is 1.55. The summed E-state index contributed by atoms with van der Waals surface area (Å²) in [4.78, 5) is 19.6. The number of para-hydroxylation sites is 2. The third kappa shape index (κ3) is 5.10. The van der Waals surface area contributed by atoms with Gasteiger partial charge in [-0.05, 0) is 36.2 Å². The summed E-state index contributed by atoms with van der Waals surface area (Å²) in [5.41, 5.74) is 3.87. The highest BCUT2D eigenvalue weighted by atomic mass is 32.2. The van der Waals surface area contributed by atoms with E-state index in [4.69, 9.17) is 13.9 Å². The molecule has 9 nitrogen and oxygen atoms in total. The molecule has 1 aromatic heterocycles. The Bertz CT molecular complexity index is 1500. The number of benzene rings is 3. The van der Waals surface area contributed by atoms with E-state index < -0.39 is 22.0 Å². The quantitative estimate of drug-likeness (QED) is 0.373. The van der Waals surface area contributed by atoms with Crippen LogP contribution in [0.5, 0.6) is 11.5 Å². The zero-order valence-electron chi connectivity index (χ0n) is 20.5. The van der Waals surface area contributed by atoms with Gasteiger partial charge < -0.3 is 18.8 Å². The molecule has 10 heteroatoms. The molecule has 37 heavy (non-hydrogen) atoms. The molecular weight excluding hydrogens is 494 g/mol. The minimum atomic E-state index is -3.78. The first-order valence-corrected chi connectivity index (χ1v) is 13.6. The SMILES string of the molecule is CCS(=O)(=O)NC(=O)C1Cc2c(ccc(OC)c2OCc2ccccc2)CN1c1nc2ccccc2o1. The second-order valence-electron chi connectivity index (χ2n) is 8.69. The second-order valence-corrected chi connectivity index (χ2v) is 10.7. The molecule has 0 spiro atoms. The summed E-state index contributed by atoms with van der Waals surface area (Å²) < 4.78 is 44.5. The van der Waals surface area contributed by atoms with E-state index in [-0.39, 0.29) is 24.7 Å². The Morgan fingerprint density at radius 3 is 2.59 bits per heavy atom. The number of methoxy groups -OCH3 is 1. The lowest BCUT2D eigenvalue weighted by Crippen LogP contribution is -2.52. The van der Waals surface area contributed by atoms with Crippen LogP contribution in [-0.2, 0) is 34.4 Å². The van der Waals surface area contributed by atoms with Crippen molar-refractivity contribution in [2.45, 2.75) is 32.5 Å². The van der Waals surface area contributed by atoms with Crippen molar-refractivity contribution in [1.82, 2.24) is 9.71 Å². The van der Waals surface area contributed by atoms with Crippen molar-refractivity contribution in [1.29, 1.82) is 0 Å². The van der Waals surface area contributed by atoms with Crippen LogP contribution >= 0.6 is 0 Å². The van der Waals surface area contributed by atoms with Crippen LogP contribution in [0, 0.1) is 0 Å². The van der Waals surface area contributed by atoms with Crippen LogP contribution in [0.3, 0.4) is 0 Å². The molecule has 1 amide bonds. The van der Waals surface area contributed by atoms with Crippen LogP contribution in [0.2, 0.25) is 0 Å². The molecule has 1 N–H and O–H groups in total. The van der Waals surface area contributed by atoms with Gasteiger partial charge in [0.2, 0.25) is 10.0 Å². The number of nitrogens with one attached hydrogen (secondary N) is 1. The average Bonchev–Trinajstić information content (AvgIpc) is 3.35. The standard InChI is InChI=1S/C27H27N3O6S/c1-3-37(32,33)29-26(31)22-15-20-19(16-30(22)27-28-21-11-7-8-12-23(21)36-27)13-14-24(34-2)25(20)35-17-18-9-5-4-6-10-18/h4-14,22H,3,15-17H2,1-2H3,(H,29,31). The molecule has 0 saturated carbocycles. The topological polar surface area (TPSA) is 111 Å². The first-order chi connectivity index (χ1) is 17.9. The zero-order chi connectivity index (χ0) is 26.0. The van der Waals surface area contributed by atoms with Gasteiger partial charge in [0, 0.05) is 18.5 Å². The van der Waals surface area contributed by atoms with Gasteiger partial charge in [0.15, 0.2) is 17.1 Å². The van der Waals surface area contributed by atoms with Crippen molar-refractivity contribution < 1.29 is 27.1 Å². The summed E-state index contributed by atoms with van der Waals surface area (Å²) in [6.07, 6.45) is 0.167. The van der Waals surface area contributed by atoms with Gasteiger partial charge in [-0.2, -0.15) is 4.98 Å². The van der Waals surface area contributed by atoms with Gasteiger partial charge in [-0.15, -0.1) is 0 Å². The van der Waals surface area contributed by atoms with E-state index in [0.717, 1.165) is 16.7 Å². The number of hydrogen-bond acceptors (Lipinski definition) is 8. The lowest BCUT2D eigenvalue weighted by atomic mass is 9.92. The number of rotatable bonds is 8. The summed E-state index contributed by atoms with van der Waals surface area (Å²) in [5, 5.41) is 0. The van der Waals surface area contributed by atoms with Crippen LogP contribution < -0.4 is 19.1 Å². The molecule has 1 atom stereocenters. The zero-order valence-corrected chi connectivity index (χ0v) is 21.3. The summed E-state index contributed by atoms with van der Waals surface area (Å²) in [7, 11) is -2.22. The number of nitrogens with zero attached hydrogens (tertiary/aromatic N) is 2. The van der Waals surface area contributed by atoms with Crippen molar-refractivity contribution in [3.63, 3.8) is 0 Å². The van der Waals surface area contributed by atoms with E-state index in [1.54, 1.807) is 18.1 Å². The molecule has 3 aromatic carbocycles. The second kappa shape index (κ2) is 10.1. The van der Waals surface area contributed by atoms with Gasteiger partial charge in [0.1, 0.15) is 18.2 Å². The fraction of sp³-hybridized carbons (Fsp3) is 0.259. The van der Waals surface area contributed by atoms with Crippen molar-refractivity contribution in [2.75, 3.05) is 17.8 Å². The van der Waals surface area contributed by atoms with E-state index in [1.807, 2.05) is 60.7 Å². The monoisotopic (exact) mass is 521 g/mol. The Hall–Kier alpha value is -4.05. The predicted octanol–water partition coefficient (Wildman–Crippen LogP) is 3.81. The van der Waals surface area contributed by atoms with Crippen molar-refractivity contribution in [3.05, 3.63) is 83.4 Å². The maximum atomic E-state index is 13.4. The van der Waals surface area contributed by atoms with Crippen LogP contribution in [0.4, 0.5) is 6.01 Å². The minimum Gasteiger partial charge on any atom is -0.493 e. The number of sulfonamides is 1. The average molecular weight is 522 g/mol. The number of anilines is 1. The van der Waals surface area contributed by atoms with Gasteiger partial charge in [-0.1, -0.05) is 48.5 Å². The molecule has 4 aromatic rings. The lowest BCUT2D eigenvalue weighted by molar-refractivity contribution is -0.120. The minimum absolute atomic E-state index is 0.167. The molecule has 5 rings (SSSR count). The Morgan fingerprint density at radius 1 is 1.11 bits per heavy atom. The van der Waals surface area contributed by atoms with Crippen molar-refractivity contribution in [3.8, 4) is 11.5 Å². The van der Waals surface area contributed by atoms with Gasteiger partial charge in [0.05, 0.1) is 12.9 Å². The summed E-state index contributed by atoms with van der Waals surface area (Å²) in [6, 6.07) is 20.1. The maximum Gasteiger partial charge on any atom is 0.299 e. The number of ether oxygens (including phenoxy) is 2. The number of aromatic nitrogens is 1. The molecule has 192 valence electrons. The molecule has 0 aliphatic carbocycles. The molecule has 0 saturated heterocycles. The molecule has 1 unspecified atom stereocenters. The molecule has 1 aliphatic heterocycles. The smallest absolute Gasteiger partial charge is 0.299 e. The summed E-state index contributed by atoms with van der Waals surface area (Å²) in [6.45, 7) is 2.05. The summed E-state index contributed by atoms with van der Waals surface area (Å²) >= 11 is 0. The Morgan fingerprint density at radius 2 is 1.86 bits per heavy atom. The highest BCUT2D eigenvalue weighted by Gasteiger charge is 2.38. The van der Waals surface area contributed by atoms with E-state index in [9.17, 15) is 13.2 Å². The van der Waals surface area contributed by atoms with E-state index in [1.165, 1.54) is 6.92 Å². The maximum absolute atomic E-state index is 13.4. The van der Waals surface area contributed by atoms with Crippen LogP contribution in [0.15, 0.2) is 71.1 Å². The van der Waals surface area contributed by atoms with Gasteiger partial charge in [0.25, 0.3) is 11.9 Å². The molecule has 0 bridgehead atoms. The number of oxazole rings is 1. The summed E-state index contributed by atoms with van der Waals surface area (Å²) in [5.74, 6) is 0.179. The van der Waals surface area contributed by atoms with E-state index in [2.05, 4.69) is 9.71 Å². The van der Waals surface area contributed by atoms with E-state index >= 15 is 0 Å². The number of amides is 1. The molecule has 1 aliphatic rings. The third-order valence-corrected chi connectivity index (χ3v) is 7.62. The largest absolute Gasteiger partial charge is 0.493 e. The fourth-order valence-electron chi connectivity index (χ4n) is 4.38. The van der Waals surface area contributed by atoms with Crippen molar-refractivity contribution >= 4 is 33.0 Å². The molecule has 2 heterocycles. The number of fused-ring (bicyclic) bond motifs is 2. The normalized spacial score (nSPS) is 15.3. The highest BCUT2D eigenvalue weighted by Crippen LogP contribution is 2.40. The Kier molecular flexibility index (Phi) is 6.75. The number of carbonyl (C=O) groups excluding carboxylic acids is 1. The molecule has 0 fully saturated rings. The molecule has 0 radical (unpaired) electrons.